The molecule has 5 rings (SSSR count). The van der Waals surface area contributed by atoms with E-state index in [0.29, 0.717) is 46.9 Å². The molecule has 1 unspecified atom stereocenters. The summed E-state index contributed by atoms with van der Waals surface area (Å²) in [7, 11) is 3.06. The van der Waals surface area contributed by atoms with E-state index in [1.807, 2.05) is 13.0 Å². The molecule has 0 saturated carbocycles. The van der Waals surface area contributed by atoms with Gasteiger partial charge in [-0.25, -0.2) is 9.78 Å². The number of carbonyl (C=O) groups is 1. The second-order valence-electron chi connectivity index (χ2n) is 10.9. The predicted molar refractivity (Wildman–Crippen MR) is 177 cm³/mol. The number of fused-ring (bicyclic) bond motifs is 1. The summed E-state index contributed by atoms with van der Waals surface area (Å²) >= 11 is 0. The lowest BCUT2D eigenvalue weighted by atomic mass is 10.1. The number of ether oxygens (including phenoxy) is 3. The highest BCUT2D eigenvalue weighted by Crippen LogP contribution is 2.31. The number of alkyl halides is 3. The lowest BCUT2D eigenvalue weighted by molar-refractivity contribution is -0.137. The number of carbonyl (C=O) groups excluding carboxylic acids is 1. The highest BCUT2D eigenvalue weighted by molar-refractivity contribution is 5.89. The van der Waals surface area contributed by atoms with E-state index in [9.17, 15) is 22.8 Å². The van der Waals surface area contributed by atoms with E-state index in [-0.39, 0.29) is 23.6 Å². The van der Waals surface area contributed by atoms with E-state index in [4.69, 9.17) is 19.2 Å². The summed E-state index contributed by atoms with van der Waals surface area (Å²) < 4.78 is 57.4. The third-order valence-electron chi connectivity index (χ3n) is 7.86. The summed E-state index contributed by atoms with van der Waals surface area (Å²) in [4.78, 5) is 34.4. The summed E-state index contributed by atoms with van der Waals surface area (Å²) in [5, 5.41) is 3.12. The van der Waals surface area contributed by atoms with Gasteiger partial charge < -0.3 is 24.4 Å². The second kappa shape index (κ2) is 14.5. The van der Waals surface area contributed by atoms with Crippen LogP contribution in [0.3, 0.4) is 0 Å². The van der Waals surface area contributed by atoms with Crippen LogP contribution in [-0.4, -0.2) is 47.9 Å². The lowest BCUT2D eigenvalue weighted by Gasteiger charge is -2.31. The minimum atomic E-state index is -4.52. The van der Waals surface area contributed by atoms with Crippen LogP contribution in [0.15, 0.2) is 95.8 Å². The van der Waals surface area contributed by atoms with Crippen molar-refractivity contribution in [2.45, 2.75) is 32.5 Å². The first-order valence-electron chi connectivity index (χ1n) is 15.2. The van der Waals surface area contributed by atoms with Crippen molar-refractivity contribution in [2.75, 3.05) is 32.7 Å². The second-order valence-corrected chi connectivity index (χ2v) is 10.9. The zero-order valence-corrected chi connectivity index (χ0v) is 26.9. The molecule has 0 aliphatic rings. The van der Waals surface area contributed by atoms with Crippen molar-refractivity contribution < 1.29 is 32.2 Å². The number of benzene rings is 4. The summed E-state index contributed by atoms with van der Waals surface area (Å²) in [6.07, 6.45) is -4.15. The number of amides is 2. The van der Waals surface area contributed by atoms with Crippen LogP contribution in [-0.2, 0) is 12.6 Å². The molecular weight excluding hydrogens is 625 g/mol. The number of hydrogen-bond donors (Lipinski definition) is 1. The summed E-state index contributed by atoms with van der Waals surface area (Å²) in [5.74, 6) is 1.98. The number of anilines is 1. The van der Waals surface area contributed by atoms with Gasteiger partial charge in [-0.2, -0.15) is 13.2 Å². The normalized spacial score (nSPS) is 12.0. The molecule has 4 aromatic carbocycles. The number of halogens is 3. The summed E-state index contributed by atoms with van der Waals surface area (Å²) in [6, 6.07) is 22.2. The maximum atomic E-state index is 14.0. The Morgan fingerprint density at radius 3 is 2.27 bits per heavy atom. The van der Waals surface area contributed by atoms with Gasteiger partial charge in [0, 0.05) is 12.2 Å². The third-order valence-corrected chi connectivity index (χ3v) is 7.86. The average Bonchev–Trinajstić information content (AvgIpc) is 3.08. The van der Waals surface area contributed by atoms with Gasteiger partial charge in [0.25, 0.3) is 5.56 Å². The average molecular weight is 661 g/mol. The molecule has 0 bridgehead atoms. The zero-order valence-electron chi connectivity index (χ0n) is 26.9. The number of hydrogen-bond acceptors (Lipinski definition) is 6. The lowest BCUT2D eigenvalue weighted by Crippen LogP contribution is -2.41. The Morgan fingerprint density at radius 1 is 0.938 bits per heavy atom. The Bertz CT molecular complexity index is 1940. The van der Waals surface area contributed by atoms with Crippen LogP contribution in [0.5, 0.6) is 17.2 Å². The molecule has 2 amide bonds. The highest BCUT2D eigenvalue weighted by atomic mass is 19.4. The fraction of sp³-hybridized carbons (Fsp3) is 0.250. The third kappa shape index (κ3) is 7.38. The van der Waals surface area contributed by atoms with Crippen molar-refractivity contribution in [1.82, 2.24) is 14.5 Å². The van der Waals surface area contributed by atoms with Crippen molar-refractivity contribution in [2.24, 2.45) is 0 Å². The molecule has 0 fully saturated rings. The van der Waals surface area contributed by atoms with E-state index in [0.717, 1.165) is 17.7 Å². The van der Waals surface area contributed by atoms with Crippen LogP contribution in [0.4, 0.5) is 23.7 Å². The standard InChI is InChI=1S/C36H35F3N4O5/c1-5-48-28-17-15-27(16-18-28)43-33(41-30-9-7-6-8-29(30)34(43)44)23(2)42(21-20-24-10-19-31(46-3)32(22-24)47-4)35(45)40-26-13-11-25(12-14-26)36(37,38)39/h6-19,22-23H,5,20-21H2,1-4H3,(H,40,45). The fourth-order valence-electron chi connectivity index (χ4n) is 5.37. The van der Waals surface area contributed by atoms with E-state index < -0.39 is 23.8 Å². The van der Waals surface area contributed by atoms with Crippen molar-refractivity contribution >= 4 is 22.6 Å². The number of urea groups is 1. The quantitative estimate of drug-likeness (QED) is 0.156. The largest absolute Gasteiger partial charge is 0.494 e. The van der Waals surface area contributed by atoms with Gasteiger partial charge in [-0.1, -0.05) is 18.2 Å². The Kier molecular flexibility index (Phi) is 10.2. The molecule has 48 heavy (non-hydrogen) atoms. The number of nitrogens with one attached hydrogen (secondary N) is 1. The smallest absolute Gasteiger partial charge is 0.416 e. The highest BCUT2D eigenvalue weighted by Gasteiger charge is 2.31. The number of para-hydroxylation sites is 1. The van der Waals surface area contributed by atoms with E-state index >= 15 is 0 Å². The van der Waals surface area contributed by atoms with E-state index in [1.165, 1.54) is 35.8 Å². The fourth-order valence-corrected chi connectivity index (χ4v) is 5.37. The summed E-state index contributed by atoms with van der Waals surface area (Å²) in [6.45, 7) is 4.25. The van der Waals surface area contributed by atoms with Gasteiger partial charge in [0.2, 0.25) is 0 Å². The molecule has 0 aliphatic heterocycles. The number of nitrogens with zero attached hydrogens (tertiary/aromatic N) is 3. The Balaban J connectivity index is 1.57. The minimum Gasteiger partial charge on any atom is -0.494 e. The van der Waals surface area contributed by atoms with Crippen molar-refractivity contribution in [3.63, 3.8) is 0 Å². The van der Waals surface area contributed by atoms with Crippen molar-refractivity contribution in [3.05, 3.63) is 118 Å². The van der Waals surface area contributed by atoms with Gasteiger partial charge in [0.15, 0.2) is 11.5 Å². The van der Waals surface area contributed by atoms with Gasteiger partial charge in [0.1, 0.15) is 11.6 Å². The first-order valence-corrected chi connectivity index (χ1v) is 15.2. The minimum absolute atomic E-state index is 0.148. The van der Waals surface area contributed by atoms with Crippen LogP contribution in [0, 0.1) is 0 Å². The van der Waals surface area contributed by atoms with Crippen LogP contribution in [0.1, 0.15) is 36.8 Å². The maximum Gasteiger partial charge on any atom is 0.416 e. The molecule has 1 N–H and O–H groups in total. The molecule has 0 aliphatic carbocycles. The Hall–Kier alpha value is -5.52. The maximum absolute atomic E-state index is 14.0. The monoisotopic (exact) mass is 660 g/mol. The van der Waals surface area contributed by atoms with Gasteiger partial charge in [0.05, 0.1) is 49.0 Å². The van der Waals surface area contributed by atoms with Crippen LogP contribution in [0.2, 0.25) is 0 Å². The van der Waals surface area contributed by atoms with E-state index in [1.54, 1.807) is 67.6 Å². The first kappa shape index (κ1) is 33.8. The van der Waals surface area contributed by atoms with Crippen LogP contribution < -0.4 is 25.1 Å². The van der Waals surface area contributed by atoms with E-state index in [2.05, 4.69) is 5.32 Å². The Labute approximate surface area is 275 Å². The van der Waals surface area contributed by atoms with Gasteiger partial charge >= 0.3 is 12.2 Å². The predicted octanol–water partition coefficient (Wildman–Crippen LogP) is 7.66. The number of rotatable bonds is 11. The topological polar surface area (TPSA) is 94.9 Å². The molecule has 1 heterocycles. The summed E-state index contributed by atoms with van der Waals surface area (Å²) in [5.41, 5.74) is 0.823. The van der Waals surface area contributed by atoms with Crippen LogP contribution >= 0.6 is 0 Å². The number of methoxy groups -OCH3 is 2. The Morgan fingerprint density at radius 2 is 1.62 bits per heavy atom. The molecule has 1 aromatic heterocycles. The molecule has 250 valence electrons. The molecule has 1 atom stereocenters. The van der Waals surface area contributed by atoms with Crippen LogP contribution in [0.25, 0.3) is 16.6 Å². The molecule has 0 spiro atoms. The first-order chi connectivity index (χ1) is 23.0. The van der Waals surface area contributed by atoms with Gasteiger partial charge in [-0.05, 0) is 98.6 Å². The van der Waals surface area contributed by atoms with Crippen molar-refractivity contribution in [3.8, 4) is 22.9 Å². The molecule has 9 nitrogen and oxygen atoms in total. The molecule has 0 saturated heterocycles. The molecular formula is C36H35F3N4O5. The molecule has 12 heteroatoms. The molecule has 5 aromatic rings. The van der Waals surface area contributed by atoms with Crippen molar-refractivity contribution in [1.29, 1.82) is 0 Å². The van der Waals surface area contributed by atoms with Gasteiger partial charge in [-0.15, -0.1) is 0 Å². The number of aromatic nitrogens is 2. The SMILES string of the molecule is CCOc1ccc(-n2c(C(C)N(CCc3ccc(OC)c(OC)c3)C(=O)Nc3ccc(C(F)(F)F)cc3)nc3ccccc3c2=O)cc1. The zero-order chi connectivity index (χ0) is 34.4. The molecule has 0 radical (unpaired) electrons. The van der Waals surface area contributed by atoms with Gasteiger partial charge in [-0.3, -0.25) is 9.36 Å².